The van der Waals surface area contributed by atoms with Gasteiger partial charge in [0, 0.05) is 6.04 Å². The van der Waals surface area contributed by atoms with E-state index in [4.69, 9.17) is 0 Å². The van der Waals surface area contributed by atoms with Gasteiger partial charge in [-0.2, -0.15) is 0 Å². The smallest absolute Gasteiger partial charge is 0.240 e. The monoisotopic (exact) mass is 224 g/mol. The summed E-state index contributed by atoms with van der Waals surface area (Å²) in [4.78, 5) is 12.2. The van der Waals surface area contributed by atoms with Crippen LogP contribution < -0.4 is 10.6 Å². The number of amides is 1. The molecule has 2 aliphatic rings. The van der Waals surface area contributed by atoms with Crippen LogP contribution in [0.4, 0.5) is 0 Å². The Labute approximate surface area is 98.4 Å². The quantitative estimate of drug-likeness (QED) is 0.748. The van der Waals surface area contributed by atoms with Crippen molar-refractivity contribution >= 4 is 5.91 Å². The van der Waals surface area contributed by atoms with Gasteiger partial charge in [-0.25, -0.2) is 0 Å². The fourth-order valence-electron chi connectivity index (χ4n) is 2.74. The third-order valence-electron chi connectivity index (χ3n) is 4.04. The molecule has 0 radical (unpaired) electrons. The fraction of sp³-hybridized carbons (Fsp3) is 0.923. The Kier molecular flexibility index (Phi) is 3.53. The average molecular weight is 224 g/mol. The van der Waals surface area contributed by atoms with Gasteiger partial charge in [0.05, 0.1) is 5.54 Å². The van der Waals surface area contributed by atoms with Crippen LogP contribution in [0.1, 0.15) is 52.4 Å². The highest BCUT2D eigenvalue weighted by molar-refractivity contribution is 5.86. The largest absolute Gasteiger partial charge is 0.352 e. The van der Waals surface area contributed by atoms with Gasteiger partial charge in [-0.05, 0) is 45.1 Å². The zero-order valence-electron chi connectivity index (χ0n) is 10.5. The van der Waals surface area contributed by atoms with Gasteiger partial charge in [-0.3, -0.25) is 4.79 Å². The SMILES string of the molecule is CCC1(C(=O)NC(C)CC2CC2)CCCN1. The highest BCUT2D eigenvalue weighted by atomic mass is 16.2. The Balaban J connectivity index is 1.84. The van der Waals surface area contributed by atoms with Gasteiger partial charge in [0.25, 0.3) is 0 Å². The predicted octanol–water partition coefficient (Wildman–Crippen LogP) is 1.82. The first-order valence-corrected chi connectivity index (χ1v) is 6.72. The minimum atomic E-state index is -0.266. The molecule has 3 nitrogen and oxygen atoms in total. The van der Waals surface area contributed by atoms with E-state index in [-0.39, 0.29) is 11.4 Å². The van der Waals surface area contributed by atoms with Crippen LogP contribution in [-0.2, 0) is 4.79 Å². The molecule has 0 bridgehead atoms. The highest BCUT2D eigenvalue weighted by Crippen LogP contribution is 2.33. The molecule has 92 valence electrons. The van der Waals surface area contributed by atoms with Crippen LogP contribution >= 0.6 is 0 Å². The molecule has 16 heavy (non-hydrogen) atoms. The molecule has 0 aromatic carbocycles. The van der Waals surface area contributed by atoms with Crippen LogP contribution in [0.5, 0.6) is 0 Å². The van der Waals surface area contributed by atoms with Crippen molar-refractivity contribution in [1.82, 2.24) is 10.6 Å². The second-order valence-corrected chi connectivity index (χ2v) is 5.52. The first-order valence-electron chi connectivity index (χ1n) is 6.72. The average Bonchev–Trinajstić information content (AvgIpc) is 2.93. The van der Waals surface area contributed by atoms with E-state index in [0.717, 1.165) is 38.1 Å². The number of hydrogen-bond acceptors (Lipinski definition) is 2. The fourth-order valence-corrected chi connectivity index (χ4v) is 2.74. The van der Waals surface area contributed by atoms with Crippen LogP contribution in [0.3, 0.4) is 0 Å². The molecule has 2 unspecified atom stereocenters. The summed E-state index contributed by atoms with van der Waals surface area (Å²) >= 11 is 0. The van der Waals surface area contributed by atoms with Gasteiger partial charge < -0.3 is 10.6 Å². The third kappa shape index (κ3) is 2.57. The maximum atomic E-state index is 12.2. The number of carbonyl (C=O) groups is 1. The summed E-state index contributed by atoms with van der Waals surface area (Å²) in [6, 6.07) is 0.339. The van der Waals surface area contributed by atoms with Gasteiger partial charge in [-0.1, -0.05) is 19.8 Å². The van der Waals surface area contributed by atoms with Crippen molar-refractivity contribution in [2.75, 3.05) is 6.54 Å². The molecule has 1 aliphatic carbocycles. The molecule has 3 heteroatoms. The van der Waals surface area contributed by atoms with Crippen molar-refractivity contribution in [3.8, 4) is 0 Å². The summed E-state index contributed by atoms with van der Waals surface area (Å²) in [6.45, 7) is 5.22. The van der Waals surface area contributed by atoms with Crippen LogP contribution in [0, 0.1) is 5.92 Å². The van der Waals surface area contributed by atoms with Gasteiger partial charge in [0.2, 0.25) is 5.91 Å². The van der Waals surface area contributed by atoms with Crippen molar-refractivity contribution in [1.29, 1.82) is 0 Å². The minimum absolute atomic E-state index is 0.223. The number of carbonyl (C=O) groups excluding carboxylic acids is 1. The van der Waals surface area contributed by atoms with Crippen LogP contribution in [0.2, 0.25) is 0 Å². The van der Waals surface area contributed by atoms with Gasteiger partial charge >= 0.3 is 0 Å². The summed E-state index contributed by atoms with van der Waals surface area (Å²) in [6.07, 6.45) is 6.89. The third-order valence-corrected chi connectivity index (χ3v) is 4.04. The van der Waals surface area contributed by atoms with Gasteiger partial charge in [0.15, 0.2) is 0 Å². The molecular weight excluding hydrogens is 200 g/mol. The second kappa shape index (κ2) is 4.74. The molecule has 2 atom stereocenters. The van der Waals surface area contributed by atoms with E-state index in [2.05, 4.69) is 24.5 Å². The molecule has 0 aromatic heterocycles. The predicted molar refractivity (Wildman–Crippen MR) is 65.2 cm³/mol. The van der Waals surface area contributed by atoms with Gasteiger partial charge in [0.1, 0.15) is 0 Å². The normalized spacial score (nSPS) is 31.4. The van der Waals surface area contributed by atoms with Crippen molar-refractivity contribution in [3.05, 3.63) is 0 Å². The van der Waals surface area contributed by atoms with Crippen molar-refractivity contribution < 1.29 is 4.79 Å². The topological polar surface area (TPSA) is 41.1 Å². The highest BCUT2D eigenvalue weighted by Gasteiger charge is 2.39. The molecule has 0 spiro atoms. The molecule has 2 fully saturated rings. The number of rotatable bonds is 5. The standard InChI is InChI=1S/C13H24N2O/c1-3-13(7-4-8-14-13)12(16)15-10(2)9-11-5-6-11/h10-11,14H,3-9H2,1-2H3,(H,15,16). The molecule has 1 heterocycles. The minimum Gasteiger partial charge on any atom is -0.352 e. The number of nitrogens with one attached hydrogen (secondary N) is 2. The molecule has 1 amide bonds. The molecule has 0 aromatic rings. The maximum Gasteiger partial charge on any atom is 0.240 e. The molecule has 1 aliphatic heterocycles. The Morgan fingerprint density at radius 1 is 1.56 bits per heavy atom. The van der Waals surface area contributed by atoms with Crippen LogP contribution in [0.15, 0.2) is 0 Å². The lowest BCUT2D eigenvalue weighted by atomic mass is 9.92. The Morgan fingerprint density at radius 3 is 2.81 bits per heavy atom. The Morgan fingerprint density at radius 2 is 2.31 bits per heavy atom. The Hall–Kier alpha value is -0.570. The van der Waals surface area contributed by atoms with Crippen LogP contribution in [0.25, 0.3) is 0 Å². The zero-order valence-corrected chi connectivity index (χ0v) is 10.5. The summed E-state index contributed by atoms with van der Waals surface area (Å²) in [7, 11) is 0. The molecule has 2 N–H and O–H groups in total. The molecule has 1 saturated carbocycles. The van der Waals surface area contributed by atoms with E-state index >= 15 is 0 Å². The first kappa shape index (κ1) is 11.9. The summed E-state index contributed by atoms with van der Waals surface area (Å²) in [5.41, 5.74) is -0.266. The first-order chi connectivity index (χ1) is 7.66. The lowest BCUT2D eigenvalue weighted by molar-refractivity contribution is -0.128. The van der Waals surface area contributed by atoms with E-state index in [0.29, 0.717) is 6.04 Å². The van der Waals surface area contributed by atoms with E-state index in [1.807, 2.05) is 0 Å². The molecular formula is C13H24N2O. The van der Waals surface area contributed by atoms with Gasteiger partial charge in [-0.15, -0.1) is 0 Å². The summed E-state index contributed by atoms with van der Waals surface area (Å²) in [5.74, 6) is 1.10. The molecule has 1 saturated heterocycles. The summed E-state index contributed by atoms with van der Waals surface area (Å²) in [5, 5.41) is 6.57. The molecule has 2 rings (SSSR count). The van der Waals surface area contributed by atoms with E-state index in [9.17, 15) is 4.79 Å². The Bertz CT molecular complexity index is 255. The van der Waals surface area contributed by atoms with Crippen molar-refractivity contribution in [2.24, 2.45) is 5.92 Å². The lowest BCUT2D eigenvalue weighted by Gasteiger charge is -2.28. The number of hydrogen-bond donors (Lipinski definition) is 2. The summed E-state index contributed by atoms with van der Waals surface area (Å²) < 4.78 is 0. The van der Waals surface area contributed by atoms with Crippen LogP contribution in [-0.4, -0.2) is 24.0 Å². The van der Waals surface area contributed by atoms with E-state index in [1.54, 1.807) is 0 Å². The van der Waals surface area contributed by atoms with Crippen molar-refractivity contribution in [3.63, 3.8) is 0 Å². The second-order valence-electron chi connectivity index (χ2n) is 5.52. The van der Waals surface area contributed by atoms with Crippen molar-refractivity contribution in [2.45, 2.75) is 64.0 Å². The maximum absolute atomic E-state index is 12.2. The van der Waals surface area contributed by atoms with E-state index in [1.165, 1.54) is 12.8 Å². The van der Waals surface area contributed by atoms with E-state index < -0.39 is 0 Å². The zero-order chi connectivity index (χ0) is 11.6. The lowest BCUT2D eigenvalue weighted by Crippen LogP contribution is -2.55.